The van der Waals surface area contributed by atoms with Crippen molar-refractivity contribution in [3.8, 4) is 18.2 Å². The van der Waals surface area contributed by atoms with Gasteiger partial charge in [0, 0.05) is 29.8 Å². The number of nitrogens with two attached hydrogens (primary N) is 1. The highest BCUT2D eigenvalue weighted by Crippen LogP contribution is 2.55. The largest absolute Gasteiger partial charge is 0.444 e. The summed E-state index contributed by atoms with van der Waals surface area (Å²) in [5.74, 6) is -1.01. The molecule has 0 radical (unpaired) electrons. The van der Waals surface area contributed by atoms with Crippen LogP contribution in [0.3, 0.4) is 0 Å². The first-order valence-corrected chi connectivity index (χ1v) is 10.0. The molecule has 0 aromatic carbocycles. The van der Waals surface area contributed by atoms with Gasteiger partial charge in [-0.15, -0.1) is 11.3 Å². The van der Waals surface area contributed by atoms with Crippen LogP contribution in [-0.2, 0) is 4.74 Å². The number of nitrogens with zero attached hydrogens (tertiary/aromatic N) is 4. The Kier molecular flexibility index (Phi) is 5.13. The minimum atomic E-state index is -1.69. The molecule has 3 rings (SSSR count). The second kappa shape index (κ2) is 7.28. The number of carbonyl (C=O) groups excluding carboxylic acids is 1. The summed E-state index contributed by atoms with van der Waals surface area (Å²) in [6.45, 7) is 5.87. The number of hydrogen-bond donors (Lipinski definition) is 1. The van der Waals surface area contributed by atoms with Crippen molar-refractivity contribution in [2.24, 2.45) is 17.1 Å². The van der Waals surface area contributed by atoms with Crippen molar-refractivity contribution >= 4 is 17.4 Å². The molecule has 1 amide bonds. The molecule has 2 aliphatic rings. The minimum absolute atomic E-state index is 0.0170. The van der Waals surface area contributed by atoms with E-state index in [1.807, 2.05) is 17.5 Å². The fourth-order valence-electron chi connectivity index (χ4n) is 3.93. The van der Waals surface area contributed by atoms with E-state index >= 15 is 0 Å². The zero-order valence-electron chi connectivity index (χ0n) is 16.5. The summed E-state index contributed by atoms with van der Waals surface area (Å²) in [4.78, 5) is 15.0. The van der Waals surface area contributed by atoms with E-state index in [4.69, 9.17) is 10.5 Å². The SMILES string of the molecule is CC(C)(C)OC(=O)N1CC=C2C(C#N)=C(N)C(C#N)(C#N)[C@@H](c3cccs3)[C@@H]2C1. The van der Waals surface area contributed by atoms with Gasteiger partial charge in [0.05, 0.1) is 23.4 Å². The number of amides is 1. The maximum absolute atomic E-state index is 12.6. The minimum Gasteiger partial charge on any atom is -0.444 e. The van der Waals surface area contributed by atoms with Gasteiger partial charge in [0.2, 0.25) is 0 Å². The highest BCUT2D eigenvalue weighted by Gasteiger charge is 2.55. The van der Waals surface area contributed by atoms with E-state index in [2.05, 4.69) is 18.2 Å². The van der Waals surface area contributed by atoms with Crippen LogP contribution in [0.15, 0.2) is 40.4 Å². The maximum Gasteiger partial charge on any atom is 0.410 e. The van der Waals surface area contributed by atoms with Crippen LogP contribution in [0.4, 0.5) is 4.79 Å². The van der Waals surface area contributed by atoms with Crippen LogP contribution in [-0.4, -0.2) is 29.7 Å². The van der Waals surface area contributed by atoms with Gasteiger partial charge in [-0.25, -0.2) is 4.79 Å². The van der Waals surface area contributed by atoms with Crippen molar-refractivity contribution in [2.75, 3.05) is 13.1 Å². The molecule has 1 aromatic heterocycles. The number of rotatable bonds is 1. The second-order valence-corrected chi connectivity index (χ2v) is 9.06. The topological polar surface area (TPSA) is 127 Å². The Labute approximate surface area is 173 Å². The van der Waals surface area contributed by atoms with E-state index in [0.29, 0.717) is 5.57 Å². The smallest absolute Gasteiger partial charge is 0.410 e. The van der Waals surface area contributed by atoms with Crippen LogP contribution in [0.1, 0.15) is 31.6 Å². The van der Waals surface area contributed by atoms with Crippen LogP contribution in [0.25, 0.3) is 0 Å². The van der Waals surface area contributed by atoms with Gasteiger partial charge in [0.15, 0.2) is 5.41 Å². The summed E-state index contributed by atoms with van der Waals surface area (Å²) in [5.41, 5.74) is 4.74. The fraction of sp³-hybridized carbons (Fsp3) is 0.429. The van der Waals surface area contributed by atoms with Crippen LogP contribution < -0.4 is 5.73 Å². The van der Waals surface area contributed by atoms with E-state index in [1.165, 1.54) is 16.2 Å². The van der Waals surface area contributed by atoms with E-state index in [9.17, 15) is 20.6 Å². The summed E-state index contributed by atoms with van der Waals surface area (Å²) in [6.07, 6.45) is 1.31. The molecule has 1 aliphatic heterocycles. The van der Waals surface area contributed by atoms with E-state index in [1.54, 1.807) is 26.8 Å². The Morgan fingerprint density at radius 1 is 1.34 bits per heavy atom. The van der Waals surface area contributed by atoms with Crippen molar-refractivity contribution in [1.29, 1.82) is 15.8 Å². The van der Waals surface area contributed by atoms with Gasteiger partial charge in [-0.1, -0.05) is 12.1 Å². The lowest BCUT2D eigenvalue weighted by molar-refractivity contribution is 0.0225. The molecule has 0 fully saturated rings. The van der Waals surface area contributed by atoms with Crippen molar-refractivity contribution in [3.63, 3.8) is 0 Å². The van der Waals surface area contributed by atoms with Gasteiger partial charge in [-0.2, -0.15) is 15.8 Å². The Balaban J connectivity index is 2.14. The Hall–Kier alpha value is -3.28. The van der Waals surface area contributed by atoms with Crippen molar-refractivity contribution in [1.82, 2.24) is 4.90 Å². The van der Waals surface area contributed by atoms with Crippen molar-refractivity contribution < 1.29 is 9.53 Å². The number of carbonyl (C=O) groups is 1. The highest BCUT2D eigenvalue weighted by atomic mass is 32.1. The van der Waals surface area contributed by atoms with Gasteiger partial charge in [-0.05, 0) is 37.8 Å². The first-order chi connectivity index (χ1) is 13.7. The van der Waals surface area contributed by atoms with Gasteiger partial charge in [0.25, 0.3) is 0 Å². The standard InChI is InChI=1S/C21H21N5O2S/c1-20(2,3)28-19(27)26-7-6-13-14(9-22)18(25)21(11-23,12-24)17(15(13)10-26)16-5-4-8-29-16/h4-6,8,15,17H,7,10,25H2,1-3H3/t15-,17-/m1/s1. The third kappa shape index (κ3) is 3.35. The van der Waals surface area contributed by atoms with Crippen molar-refractivity contribution in [2.45, 2.75) is 32.3 Å². The molecule has 0 bridgehead atoms. The molecule has 2 heterocycles. The van der Waals surface area contributed by atoms with Crippen molar-refractivity contribution in [3.05, 3.63) is 45.3 Å². The molecule has 29 heavy (non-hydrogen) atoms. The summed E-state index contributed by atoms with van der Waals surface area (Å²) < 4.78 is 5.49. The van der Waals surface area contributed by atoms with Gasteiger partial charge >= 0.3 is 6.09 Å². The molecule has 2 N–H and O–H groups in total. The first-order valence-electron chi connectivity index (χ1n) is 9.13. The van der Waals surface area contributed by atoms with Gasteiger partial charge in [0.1, 0.15) is 11.7 Å². The quantitative estimate of drug-likeness (QED) is 0.760. The molecule has 0 unspecified atom stereocenters. The molecule has 0 saturated carbocycles. The monoisotopic (exact) mass is 407 g/mol. The summed E-state index contributed by atoms with van der Waals surface area (Å²) in [5, 5.41) is 31.6. The number of ether oxygens (including phenoxy) is 1. The highest BCUT2D eigenvalue weighted by molar-refractivity contribution is 7.10. The van der Waals surface area contributed by atoms with E-state index in [0.717, 1.165) is 4.88 Å². The average Bonchev–Trinajstić information content (AvgIpc) is 3.19. The molecule has 0 saturated heterocycles. The normalized spacial score (nSPS) is 23.2. The predicted molar refractivity (Wildman–Crippen MR) is 107 cm³/mol. The molecular weight excluding hydrogens is 386 g/mol. The first kappa shape index (κ1) is 20.5. The predicted octanol–water partition coefficient (Wildman–Crippen LogP) is 3.41. The van der Waals surface area contributed by atoms with Crippen LogP contribution in [0.5, 0.6) is 0 Å². The molecule has 8 heteroatoms. The van der Waals surface area contributed by atoms with Gasteiger partial charge < -0.3 is 15.4 Å². The molecule has 1 aliphatic carbocycles. The lowest BCUT2D eigenvalue weighted by atomic mass is 9.59. The maximum atomic E-state index is 12.6. The number of thiophene rings is 1. The van der Waals surface area contributed by atoms with Crippen LogP contribution >= 0.6 is 11.3 Å². The number of nitriles is 3. The Bertz CT molecular complexity index is 997. The number of allylic oxidation sites excluding steroid dienone is 2. The lowest BCUT2D eigenvalue weighted by Gasteiger charge is -2.45. The molecule has 1 aromatic rings. The van der Waals surface area contributed by atoms with E-state index in [-0.39, 0.29) is 24.4 Å². The third-order valence-electron chi connectivity index (χ3n) is 5.17. The summed E-state index contributed by atoms with van der Waals surface area (Å²) in [7, 11) is 0. The number of hydrogen-bond acceptors (Lipinski definition) is 7. The zero-order valence-corrected chi connectivity index (χ0v) is 17.3. The van der Waals surface area contributed by atoms with E-state index < -0.39 is 28.9 Å². The van der Waals surface area contributed by atoms with Crippen LogP contribution in [0, 0.1) is 45.3 Å². The second-order valence-electron chi connectivity index (χ2n) is 8.08. The molecule has 2 atom stereocenters. The lowest BCUT2D eigenvalue weighted by Crippen LogP contribution is -2.49. The summed E-state index contributed by atoms with van der Waals surface area (Å²) in [6, 6.07) is 9.95. The average molecular weight is 407 g/mol. The molecule has 7 nitrogen and oxygen atoms in total. The zero-order chi connectivity index (χ0) is 21.4. The Morgan fingerprint density at radius 2 is 2.03 bits per heavy atom. The number of fused-ring (bicyclic) bond motifs is 1. The van der Waals surface area contributed by atoms with Crippen LogP contribution in [0.2, 0.25) is 0 Å². The van der Waals surface area contributed by atoms with Gasteiger partial charge in [-0.3, -0.25) is 0 Å². The Morgan fingerprint density at radius 3 is 2.55 bits per heavy atom. The molecular formula is C21H21N5O2S. The fourth-order valence-corrected chi connectivity index (χ4v) is 4.89. The molecule has 0 spiro atoms. The molecule has 148 valence electrons. The third-order valence-corrected chi connectivity index (χ3v) is 6.12. The summed E-state index contributed by atoms with van der Waals surface area (Å²) >= 11 is 1.42.